The summed E-state index contributed by atoms with van der Waals surface area (Å²) in [4.78, 5) is 26.7. The maximum atomic E-state index is 12.7. The summed E-state index contributed by atoms with van der Waals surface area (Å²) in [5.41, 5.74) is 3.41. The highest BCUT2D eigenvalue weighted by molar-refractivity contribution is 5.98. The molecule has 6 nitrogen and oxygen atoms in total. The smallest absolute Gasteiger partial charge is 0.342 e. The zero-order valence-electron chi connectivity index (χ0n) is 19.4. The summed E-state index contributed by atoms with van der Waals surface area (Å²) in [6.45, 7) is 6.27. The summed E-state index contributed by atoms with van der Waals surface area (Å²) in [6, 6.07) is 0.348. The van der Waals surface area contributed by atoms with Gasteiger partial charge < -0.3 is 19.5 Å². The highest BCUT2D eigenvalue weighted by Gasteiger charge is 2.32. The van der Waals surface area contributed by atoms with Gasteiger partial charge in [0.25, 0.3) is 0 Å². The van der Waals surface area contributed by atoms with Crippen molar-refractivity contribution in [2.24, 2.45) is 5.92 Å². The number of amides is 1. The molecule has 1 aliphatic carbocycles. The Bertz CT molecular complexity index is 889. The van der Waals surface area contributed by atoms with Gasteiger partial charge in [-0.3, -0.25) is 4.79 Å². The van der Waals surface area contributed by atoms with Gasteiger partial charge in [-0.1, -0.05) is 31.4 Å². The SMILES string of the molecule is COc1c(C)c2c(c(O)c1C/C=C(\C)CCC(=O)N(C)C1CCCCC1C)C(=O)OC2. The molecule has 0 spiro atoms. The van der Waals surface area contributed by atoms with Crippen LogP contribution in [0.25, 0.3) is 0 Å². The van der Waals surface area contributed by atoms with E-state index in [2.05, 4.69) is 6.92 Å². The molecular weight excluding hydrogens is 394 g/mol. The second-order valence-corrected chi connectivity index (χ2v) is 9.00. The Balaban J connectivity index is 1.67. The van der Waals surface area contributed by atoms with Crippen molar-refractivity contribution >= 4 is 11.9 Å². The lowest BCUT2D eigenvalue weighted by Crippen LogP contribution is -2.42. The predicted molar refractivity (Wildman–Crippen MR) is 119 cm³/mol. The number of aromatic hydroxyl groups is 1. The van der Waals surface area contributed by atoms with Crippen LogP contribution in [0.1, 0.15) is 79.4 Å². The number of fused-ring (bicyclic) bond motifs is 1. The molecule has 3 rings (SSSR count). The standard InChI is InChI=1S/C25H35NO5/c1-15(11-13-21(27)26(4)20-9-7-6-8-16(20)2)10-12-18-23(28)22-19(14-31-25(22)29)17(3)24(18)30-5/h10,16,20,28H,6-9,11-14H2,1-5H3/b15-10+. The molecule has 170 valence electrons. The topological polar surface area (TPSA) is 76.1 Å². The fraction of sp³-hybridized carbons (Fsp3) is 0.600. The first kappa shape index (κ1) is 23.2. The van der Waals surface area contributed by atoms with E-state index in [1.165, 1.54) is 19.3 Å². The molecule has 1 heterocycles. The van der Waals surface area contributed by atoms with Gasteiger partial charge in [0.15, 0.2) is 0 Å². The Kier molecular flexibility index (Phi) is 7.29. The molecule has 0 radical (unpaired) electrons. The second-order valence-electron chi connectivity index (χ2n) is 9.00. The van der Waals surface area contributed by atoms with Crippen molar-refractivity contribution in [1.82, 2.24) is 4.90 Å². The van der Waals surface area contributed by atoms with E-state index in [1.807, 2.05) is 31.9 Å². The normalized spacial score (nSPS) is 20.9. The molecule has 1 fully saturated rings. The van der Waals surface area contributed by atoms with Gasteiger partial charge in [0, 0.05) is 30.6 Å². The molecule has 0 aromatic heterocycles. The first-order valence-electron chi connectivity index (χ1n) is 11.3. The van der Waals surface area contributed by atoms with Crippen LogP contribution in [0, 0.1) is 12.8 Å². The van der Waals surface area contributed by atoms with Gasteiger partial charge in [-0.05, 0) is 51.0 Å². The van der Waals surface area contributed by atoms with E-state index in [4.69, 9.17) is 9.47 Å². The largest absolute Gasteiger partial charge is 0.507 e. The van der Waals surface area contributed by atoms with Crippen molar-refractivity contribution in [3.05, 3.63) is 33.9 Å². The molecular formula is C25H35NO5. The fourth-order valence-electron chi connectivity index (χ4n) is 4.94. The van der Waals surface area contributed by atoms with Crippen LogP contribution in [0.4, 0.5) is 0 Å². The Morgan fingerprint density at radius 1 is 1.29 bits per heavy atom. The predicted octanol–water partition coefficient (Wildman–Crippen LogP) is 4.69. The van der Waals surface area contributed by atoms with E-state index in [1.54, 1.807) is 7.11 Å². The van der Waals surface area contributed by atoms with Gasteiger partial charge in [0.2, 0.25) is 5.91 Å². The number of cyclic esters (lactones) is 1. The van der Waals surface area contributed by atoms with Crippen LogP contribution >= 0.6 is 0 Å². The van der Waals surface area contributed by atoms with Gasteiger partial charge in [-0.2, -0.15) is 0 Å². The van der Waals surface area contributed by atoms with Crippen molar-refractivity contribution < 1.29 is 24.2 Å². The van der Waals surface area contributed by atoms with E-state index in [0.717, 1.165) is 17.6 Å². The van der Waals surface area contributed by atoms with E-state index >= 15 is 0 Å². The summed E-state index contributed by atoms with van der Waals surface area (Å²) >= 11 is 0. The van der Waals surface area contributed by atoms with Crippen LogP contribution in [-0.4, -0.2) is 42.1 Å². The molecule has 1 aliphatic heterocycles. The fourth-order valence-corrected chi connectivity index (χ4v) is 4.94. The molecule has 2 atom stereocenters. The summed E-state index contributed by atoms with van der Waals surface area (Å²) in [7, 11) is 3.50. The highest BCUT2D eigenvalue weighted by atomic mass is 16.5. The third-order valence-corrected chi connectivity index (χ3v) is 6.99. The van der Waals surface area contributed by atoms with Crippen LogP contribution in [0.2, 0.25) is 0 Å². The van der Waals surface area contributed by atoms with Crippen molar-refractivity contribution in [2.75, 3.05) is 14.2 Å². The molecule has 0 saturated heterocycles. The maximum Gasteiger partial charge on any atom is 0.342 e. The number of benzene rings is 1. The third-order valence-electron chi connectivity index (χ3n) is 6.99. The molecule has 31 heavy (non-hydrogen) atoms. The van der Waals surface area contributed by atoms with E-state index in [9.17, 15) is 14.7 Å². The number of hydrogen-bond donors (Lipinski definition) is 1. The van der Waals surface area contributed by atoms with Gasteiger partial charge in [-0.15, -0.1) is 0 Å². The van der Waals surface area contributed by atoms with Gasteiger partial charge in [0.1, 0.15) is 23.7 Å². The van der Waals surface area contributed by atoms with Crippen molar-refractivity contribution in [2.45, 2.75) is 78.4 Å². The Labute approximate surface area is 185 Å². The lowest BCUT2D eigenvalue weighted by molar-refractivity contribution is -0.133. The molecule has 1 aromatic rings. The summed E-state index contributed by atoms with van der Waals surface area (Å²) < 4.78 is 10.6. The molecule has 0 bridgehead atoms. The number of nitrogens with zero attached hydrogens (tertiary/aromatic N) is 1. The number of rotatable bonds is 7. The molecule has 1 N–H and O–H groups in total. The number of esters is 1. The lowest BCUT2D eigenvalue weighted by atomic mass is 9.85. The zero-order valence-corrected chi connectivity index (χ0v) is 19.4. The number of methoxy groups -OCH3 is 1. The molecule has 2 unspecified atom stereocenters. The Morgan fingerprint density at radius 2 is 2.00 bits per heavy atom. The summed E-state index contributed by atoms with van der Waals surface area (Å²) in [5.74, 6) is 0.769. The minimum Gasteiger partial charge on any atom is -0.507 e. The second kappa shape index (κ2) is 9.75. The van der Waals surface area contributed by atoms with Crippen LogP contribution in [0.3, 0.4) is 0 Å². The van der Waals surface area contributed by atoms with Crippen LogP contribution < -0.4 is 4.74 Å². The molecule has 1 saturated carbocycles. The Hall–Kier alpha value is -2.50. The molecule has 1 aromatic carbocycles. The molecule has 1 amide bonds. The lowest BCUT2D eigenvalue weighted by Gasteiger charge is -2.36. The number of allylic oxidation sites excluding steroid dienone is 2. The molecule has 6 heteroatoms. The number of ether oxygens (including phenoxy) is 2. The number of carbonyl (C=O) groups excluding carboxylic acids is 2. The summed E-state index contributed by atoms with van der Waals surface area (Å²) in [5, 5.41) is 10.7. The number of carbonyl (C=O) groups is 2. The van der Waals surface area contributed by atoms with Crippen LogP contribution in [-0.2, 0) is 22.6 Å². The minimum absolute atomic E-state index is 0.0638. The Morgan fingerprint density at radius 3 is 2.68 bits per heavy atom. The first-order valence-corrected chi connectivity index (χ1v) is 11.3. The zero-order chi connectivity index (χ0) is 22.7. The highest BCUT2D eigenvalue weighted by Crippen LogP contribution is 2.42. The maximum absolute atomic E-state index is 12.7. The molecule has 2 aliphatic rings. The van der Waals surface area contributed by atoms with Crippen molar-refractivity contribution in [3.63, 3.8) is 0 Å². The number of hydrogen-bond acceptors (Lipinski definition) is 5. The van der Waals surface area contributed by atoms with Crippen LogP contribution in [0.5, 0.6) is 11.5 Å². The van der Waals surface area contributed by atoms with Gasteiger partial charge >= 0.3 is 5.97 Å². The van der Waals surface area contributed by atoms with E-state index in [0.29, 0.717) is 48.1 Å². The quantitative estimate of drug-likeness (QED) is 0.503. The van der Waals surface area contributed by atoms with E-state index < -0.39 is 5.97 Å². The number of phenolic OH excluding ortho intramolecular Hbond substituents is 1. The summed E-state index contributed by atoms with van der Waals surface area (Å²) in [6.07, 6.45) is 8.31. The third kappa shape index (κ3) is 4.73. The monoisotopic (exact) mass is 429 g/mol. The minimum atomic E-state index is -0.495. The van der Waals surface area contributed by atoms with Crippen LogP contribution in [0.15, 0.2) is 11.6 Å². The number of phenols is 1. The van der Waals surface area contributed by atoms with Crippen molar-refractivity contribution in [1.29, 1.82) is 0 Å². The van der Waals surface area contributed by atoms with Crippen molar-refractivity contribution in [3.8, 4) is 11.5 Å². The average molecular weight is 430 g/mol. The average Bonchev–Trinajstić information content (AvgIpc) is 3.15. The van der Waals surface area contributed by atoms with E-state index in [-0.39, 0.29) is 23.8 Å². The van der Waals surface area contributed by atoms with Gasteiger partial charge in [-0.25, -0.2) is 4.79 Å². The first-order chi connectivity index (χ1) is 14.8. The van der Waals surface area contributed by atoms with Gasteiger partial charge in [0.05, 0.1) is 7.11 Å².